The molecule has 3 heterocycles. The Morgan fingerprint density at radius 2 is 2.03 bits per heavy atom. The lowest BCUT2D eigenvalue weighted by Crippen LogP contribution is -2.60. The van der Waals surface area contributed by atoms with E-state index in [1.54, 1.807) is 6.20 Å². The first-order chi connectivity index (χ1) is 14.5. The van der Waals surface area contributed by atoms with E-state index >= 15 is 0 Å². The number of benzene rings is 1. The fourth-order valence-corrected chi connectivity index (χ4v) is 5.38. The van der Waals surface area contributed by atoms with E-state index in [0.29, 0.717) is 29.1 Å². The Morgan fingerprint density at radius 3 is 2.80 bits per heavy atom. The van der Waals surface area contributed by atoms with Gasteiger partial charge in [-0.1, -0.05) is 11.6 Å². The van der Waals surface area contributed by atoms with Gasteiger partial charge in [0.05, 0.1) is 42.1 Å². The van der Waals surface area contributed by atoms with Crippen LogP contribution >= 0.6 is 11.6 Å². The third-order valence-corrected chi connectivity index (χ3v) is 6.84. The Kier molecular flexibility index (Phi) is 3.68. The molecule has 1 spiro atoms. The van der Waals surface area contributed by atoms with Crippen molar-refractivity contribution in [2.75, 3.05) is 11.9 Å². The summed E-state index contributed by atoms with van der Waals surface area (Å²) >= 11 is 5.82. The summed E-state index contributed by atoms with van der Waals surface area (Å²) in [5.74, 6) is 0.462. The van der Waals surface area contributed by atoms with Crippen molar-refractivity contribution in [2.45, 2.75) is 24.9 Å². The molecule has 4 unspecified atom stereocenters. The fraction of sp³-hybridized carbons (Fsp3) is 0.350. The van der Waals surface area contributed by atoms with Crippen molar-refractivity contribution in [3.63, 3.8) is 0 Å². The van der Waals surface area contributed by atoms with Crippen LogP contribution in [0.3, 0.4) is 0 Å². The number of amides is 1. The normalized spacial score (nSPS) is 28.5. The maximum absolute atomic E-state index is 14.0. The van der Waals surface area contributed by atoms with E-state index in [-0.39, 0.29) is 29.0 Å². The van der Waals surface area contributed by atoms with Crippen LogP contribution in [0.5, 0.6) is 0 Å². The first-order valence-corrected chi connectivity index (χ1v) is 10.1. The summed E-state index contributed by atoms with van der Waals surface area (Å²) in [5.41, 5.74) is 0.901. The second kappa shape index (κ2) is 6.21. The molecule has 0 radical (unpaired) electrons. The third kappa shape index (κ3) is 2.54. The quantitative estimate of drug-likeness (QED) is 0.691. The van der Waals surface area contributed by atoms with Gasteiger partial charge in [0, 0.05) is 12.6 Å². The molecule has 2 aromatic heterocycles. The second-order valence-electron chi connectivity index (χ2n) is 8.20. The minimum Gasteiger partial charge on any atom is -0.364 e. The van der Waals surface area contributed by atoms with Gasteiger partial charge in [-0.2, -0.15) is 15.0 Å². The molecule has 1 aliphatic heterocycles. The lowest BCUT2D eigenvalue weighted by atomic mass is 9.71. The molecular weight excluding hydrogens is 409 g/mol. The highest BCUT2D eigenvalue weighted by Crippen LogP contribution is 2.71. The summed E-state index contributed by atoms with van der Waals surface area (Å²) in [7, 11) is 0. The van der Waals surface area contributed by atoms with Gasteiger partial charge in [0.2, 0.25) is 0 Å². The zero-order valence-electron chi connectivity index (χ0n) is 15.7. The van der Waals surface area contributed by atoms with Crippen LogP contribution in [0.25, 0.3) is 5.69 Å². The lowest BCUT2D eigenvalue weighted by molar-refractivity contribution is 0.0471. The van der Waals surface area contributed by atoms with E-state index in [0.717, 1.165) is 12.8 Å². The van der Waals surface area contributed by atoms with Gasteiger partial charge in [-0.3, -0.25) is 4.79 Å². The molecule has 4 atom stereocenters. The van der Waals surface area contributed by atoms with E-state index < -0.39 is 5.82 Å². The second-order valence-corrected chi connectivity index (χ2v) is 8.58. The van der Waals surface area contributed by atoms with Crippen molar-refractivity contribution >= 4 is 23.3 Å². The molecule has 1 saturated heterocycles. The topological polar surface area (TPSA) is 88.8 Å². The van der Waals surface area contributed by atoms with Crippen LogP contribution in [0.2, 0.25) is 5.15 Å². The van der Waals surface area contributed by atoms with E-state index in [9.17, 15) is 9.18 Å². The van der Waals surface area contributed by atoms with Crippen molar-refractivity contribution < 1.29 is 9.18 Å². The van der Waals surface area contributed by atoms with Gasteiger partial charge in [0.15, 0.2) is 0 Å². The summed E-state index contributed by atoms with van der Waals surface area (Å²) < 4.78 is 14.0. The number of aromatic nitrogens is 5. The molecule has 2 saturated carbocycles. The number of likely N-dealkylation sites (tertiary alicyclic amines) is 1. The monoisotopic (exact) mass is 425 g/mol. The molecule has 0 bridgehead atoms. The SMILES string of the molecule is O=C(c1cc(F)ccc1-n1nccn1)N1CC2CC23CC(Nc2cnc(Cl)cn2)C13. The molecule has 8 nitrogen and oxygen atoms in total. The number of hydrogen-bond donors (Lipinski definition) is 1. The first-order valence-electron chi connectivity index (χ1n) is 9.76. The molecule has 3 aliphatic rings. The molecule has 152 valence electrons. The molecule has 1 N–H and O–H groups in total. The maximum Gasteiger partial charge on any atom is 0.256 e. The Balaban J connectivity index is 1.30. The van der Waals surface area contributed by atoms with Crippen molar-refractivity contribution in [1.29, 1.82) is 0 Å². The van der Waals surface area contributed by atoms with Crippen molar-refractivity contribution in [2.24, 2.45) is 11.3 Å². The van der Waals surface area contributed by atoms with Crippen molar-refractivity contribution in [3.8, 4) is 5.69 Å². The van der Waals surface area contributed by atoms with Crippen LogP contribution in [0.1, 0.15) is 23.2 Å². The van der Waals surface area contributed by atoms with Crippen LogP contribution in [-0.2, 0) is 0 Å². The summed E-state index contributed by atoms with van der Waals surface area (Å²) in [4.78, 5) is 25.1. The zero-order valence-corrected chi connectivity index (χ0v) is 16.5. The largest absolute Gasteiger partial charge is 0.364 e. The van der Waals surface area contributed by atoms with E-state index in [4.69, 9.17) is 11.6 Å². The maximum atomic E-state index is 14.0. The molecule has 1 amide bonds. The molecule has 2 aliphatic carbocycles. The van der Waals surface area contributed by atoms with Crippen LogP contribution < -0.4 is 5.32 Å². The fourth-order valence-electron chi connectivity index (χ4n) is 5.28. The van der Waals surface area contributed by atoms with Gasteiger partial charge in [0.1, 0.15) is 16.8 Å². The Labute approximate surface area is 176 Å². The molecule has 30 heavy (non-hydrogen) atoms. The smallest absolute Gasteiger partial charge is 0.256 e. The molecule has 10 heteroatoms. The number of anilines is 1. The van der Waals surface area contributed by atoms with Gasteiger partial charge in [-0.05, 0) is 42.4 Å². The molecular formula is C20H17ClFN7O. The van der Waals surface area contributed by atoms with Crippen molar-refractivity contribution in [3.05, 3.63) is 59.5 Å². The average Bonchev–Trinajstić information content (AvgIpc) is 3.10. The summed E-state index contributed by atoms with van der Waals surface area (Å²) in [6.07, 6.45) is 8.24. The number of piperidine rings is 1. The number of carbonyl (C=O) groups excluding carboxylic acids is 1. The van der Waals surface area contributed by atoms with Crippen molar-refractivity contribution in [1.82, 2.24) is 29.9 Å². The minimum atomic E-state index is -0.465. The van der Waals surface area contributed by atoms with E-state index in [1.165, 1.54) is 41.6 Å². The van der Waals surface area contributed by atoms with Gasteiger partial charge < -0.3 is 10.2 Å². The predicted molar refractivity (Wildman–Crippen MR) is 106 cm³/mol. The predicted octanol–water partition coefficient (Wildman–Crippen LogP) is 2.56. The van der Waals surface area contributed by atoms with E-state index in [1.807, 2.05) is 4.90 Å². The molecule has 1 aromatic carbocycles. The number of nitrogens with zero attached hydrogens (tertiary/aromatic N) is 6. The highest BCUT2D eigenvalue weighted by Gasteiger charge is 2.75. The van der Waals surface area contributed by atoms with Gasteiger partial charge >= 0.3 is 0 Å². The van der Waals surface area contributed by atoms with Crippen LogP contribution in [0, 0.1) is 17.2 Å². The Morgan fingerprint density at radius 1 is 1.20 bits per heavy atom. The van der Waals surface area contributed by atoms with E-state index in [2.05, 4.69) is 25.5 Å². The van der Waals surface area contributed by atoms with Crippen LogP contribution in [0.4, 0.5) is 10.2 Å². The lowest BCUT2D eigenvalue weighted by Gasteiger charge is -2.48. The molecule has 6 rings (SSSR count). The Bertz CT molecular complexity index is 1140. The minimum absolute atomic E-state index is 0.0363. The summed E-state index contributed by atoms with van der Waals surface area (Å²) in [6, 6.07) is 4.22. The first kappa shape index (κ1) is 17.8. The van der Waals surface area contributed by atoms with Gasteiger partial charge in [-0.25, -0.2) is 14.4 Å². The number of rotatable bonds is 4. The molecule has 3 fully saturated rings. The van der Waals surface area contributed by atoms with Gasteiger partial charge in [0.25, 0.3) is 5.91 Å². The zero-order chi connectivity index (χ0) is 20.5. The summed E-state index contributed by atoms with van der Waals surface area (Å²) in [5, 5.41) is 11.9. The molecule has 3 aromatic rings. The average molecular weight is 426 g/mol. The highest BCUT2D eigenvalue weighted by atomic mass is 35.5. The number of halogens is 2. The third-order valence-electron chi connectivity index (χ3n) is 6.64. The number of nitrogens with one attached hydrogen (secondary N) is 1. The number of hydrogen-bond acceptors (Lipinski definition) is 6. The standard InChI is InChI=1S/C20H17ClFN7O/c21-16-8-24-17(9-23-16)27-14-7-20-6-11(20)10-28(18(14)20)19(30)13-5-12(22)1-2-15(13)29-25-3-4-26-29/h1-5,8-9,11,14,18H,6-7,10H2,(H,24,27). The summed E-state index contributed by atoms with van der Waals surface area (Å²) in [6.45, 7) is 0.677. The van der Waals surface area contributed by atoms with Crippen LogP contribution in [-0.4, -0.2) is 54.4 Å². The Hall–Kier alpha value is -3.07. The number of carbonyl (C=O) groups is 1. The van der Waals surface area contributed by atoms with Gasteiger partial charge in [-0.15, -0.1) is 0 Å². The highest BCUT2D eigenvalue weighted by molar-refractivity contribution is 6.29. The van der Waals surface area contributed by atoms with Crippen LogP contribution in [0.15, 0.2) is 43.0 Å².